The van der Waals surface area contributed by atoms with Gasteiger partial charge in [0.2, 0.25) is 0 Å². The van der Waals surface area contributed by atoms with Gasteiger partial charge in [-0.15, -0.1) is 0 Å². The van der Waals surface area contributed by atoms with Crippen LogP contribution in [0.25, 0.3) is 0 Å². The molecular formula is C13H22N2O3. The summed E-state index contributed by atoms with van der Waals surface area (Å²) in [7, 11) is 0. The van der Waals surface area contributed by atoms with Crippen molar-refractivity contribution in [1.82, 2.24) is 5.43 Å². The van der Waals surface area contributed by atoms with Crippen molar-refractivity contribution in [3.8, 4) is 0 Å². The number of hydrogen-bond acceptors (Lipinski definition) is 4. The standard InChI is InChI=1S/C13H22N2O3/c1-4-5-9(2)7-17-8-11-6-10(3)12(18-11)13(16)15-14/h6,9H,4-5,7-8,14H2,1-3H3,(H,15,16). The van der Waals surface area contributed by atoms with Gasteiger partial charge in [0.15, 0.2) is 5.76 Å². The first kappa shape index (κ1) is 14.7. The van der Waals surface area contributed by atoms with Crippen LogP contribution in [0, 0.1) is 12.8 Å². The molecule has 0 aliphatic rings. The van der Waals surface area contributed by atoms with Crippen molar-refractivity contribution in [1.29, 1.82) is 0 Å². The van der Waals surface area contributed by atoms with Crippen molar-refractivity contribution in [3.05, 3.63) is 23.2 Å². The van der Waals surface area contributed by atoms with Crippen LogP contribution in [-0.4, -0.2) is 12.5 Å². The van der Waals surface area contributed by atoms with E-state index in [4.69, 9.17) is 15.0 Å². The minimum atomic E-state index is -0.418. The minimum absolute atomic E-state index is 0.248. The number of nitrogens with two attached hydrogens (primary N) is 1. The molecule has 1 amide bonds. The molecule has 0 radical (unpaired) electrons. The molecule has 0 saturated heterocycles. The molecule has 0 aliphatic carbocycles. The largest absolute Gasteiger partial charge is 0.453 e. The second-order valence-corrected chi connectivity index (χ2v) is 4.61. The molecule has 0 fully saturated rings. The van der Waals surface area contributed by atoms with E-state index in [0.717, 1.165) is 18.4 Å². The summed E-state index contributed by atoms with van der Waals surface area (Å²) in [6, 6.07) is 1.80. The van der Waals surface area contributed by atoms with Crippen LogP contribution in [0.3, 0.4) is 0 Å². The highest BCUT2D eigenvalue weighted by Crippen LogP contribution is 2.16. The monoisotopic (exact) mass is 254 g/mol. The van der Waals surface area contributed by atoms with Crippen LogP contribution in [0.2, 0.25) is 0 Å². The highest BCUT2D eigenvalue weighted by molar-refractivity contribution is 5.92. The molecule has 0 saturated carbocycles. The van der Waals surface area contributed by atoms with E-state index in [2.05, 4.69) is 19.3 Å². The molecule has 1 rings (SSSR count). The first-order valence-corrected chi connectivity index (χ1v) is 6.26. The predicted molar refractivity (Wildman–Crippen MR) is 68.8 cm³/mol. The van der Waals surface area contributed by atoms with Crippen molar-refractivity contribution in [2.75, 3.05) is 6.61 Å². The lowest BCUT2D eigenvalue weighted by Crippen LogP contribution is -2.30. The maximum absolute atomic E-state index is 11.3. The van der Waals surface area contributed by atoms with Gasteiger partial charge in [-0.3, -0.25) is 10.2 Å². The first-order chi connectivity index (χ1) is 8.58. The molecule has 1 unspecified atom stereocenters. The van der Waals surface area contributed by atoms with E-state index in [9.17, 15) is 4.79 Å². The predicted octanol–water partition coefficient (Wildman–Crippen LogP) is 2.14. The Kier molecular flexibility index (Phi) is 5.88. The molecule has 0 aliphatic heterocycles. The number of ether oxygens (including phenoxy) is 1. The summed E-state index contributed by atoms with van der Waals surface area (Å²) in [5.41, 5.74) is 2.82. The van der Waals surface area contributed by atoms with Crippen LogP contribution in [0.4, 0.5) is 0 Å². The van der Waals surface area contributed by atoms with Gasteiger partial charge >= 0.3 is 5.91 Å². The lowest BCUT2D eigenvalue weighted by molar-refractivity contribution is 0.0751. The number of carbonyl (C=O) groups excluding carboxylic acids is 1. The third-order valence-electron chi connectivity index (χ3n) is 2.73. The Labute approximate surface area is 108 Å². The fraction of sp³-hybridized carbons (Fsp3) is 0.615. The zero-order valence-corrected chi connectivity index (χ0v) is 11.3. The average molecular weight is 254 g/mol. The van der Waals surface area contributed by atoms with E-state index in [1.807, 2.05) is 0 Å². The van der Waals surface area contributed by atoms with Gasteiger partial charge in [0, 0.05) is 12.2 Å². The Morgan fingerprint density at radius 3 is 2.94 bits per heavy atom. The van der Waals surface area contributed by atoms with Gasteiger partial charge in [0.25, 0.3) is 0 Å². The van der Waals surface area contributed by atoms with Crippen molar-refractivity contribution >= 4 is 5.91 Å². The van der Waals surface area contributed by atoms with Gasteiger partial charge < -0.3 is 9.15 Å². The van der Waals surface area contributed by atoms with E-state index in [1.54, 1.807) is 13.0 Å². The molecular weight excluding hydrogens is 232 g/mol. The van der Waals surface area contributed by atoms with Crippen molar-refractivity contribution in [2.45, 2.75) is 40.2 Å². The zero-order chi connectivity index (χ0) is 13.5. The average Bonchev–Trinajstić information content (AvgIpc) is 2.70. The van der Waals surface area contributed by atoms with Gasteiger partial charge in [-0.05, 0) is 25.3 Å². The molecule has 3 N–H and O–H groups in total. The van der Waals surface area contributed by atoms with Crippen molar-refractivity contribution in [2.24, 2.45) is 11.8 Å². The minimum Gasteiger partial charge on any atom is -0.453 e. The Bertz CT molecular complexity index is 388. The molecule has 0 spiro atoms. The van der Waals surface area contributed by atoms with Crippen LogP contribution >= 0.6 is 0 Å². The number of hydrazine groups is 1. The summed E-state index contributed by atoms with van der Waals surface area (Å²) in [5, 5.41) is 0. The lowest BCUT2D eigenvalue weighted by Gasteiger charge is -2.09. The summed E-state index contributed by atoms with van der Waals surface area (Å²) in [5.74, 6) is 6.08. The van der Waals surface area contributed by atoms with Crippen LogP contribution in [0.5, 0.6) is 0 Å². The number of nitrogens with one attached hydrogen (secondary N) is 1. The van der Waals surface area contributed by atoms with E-state index in [-0.39, 0.29) is 5.76 Å². The molecule has 1 atom stereocenters. The number of nitrogen functional groups attached to an aromatic ring is 1. The van der Waals surface area contributed by atoms with E-state index < -0.39 is 5.91 Å². The molecule has 5 nitrogen and oxygen atoms in total. The maximum Gasteiger partial charge on any atom is 0.301 e. The third-order valence-corrected chi connectivity index (χ3v) is 2.73. The fourth-order valence-corrected chi connectivity index (χ4v) is 1.85. The zero-order valence-electron chi connectivity index (χ0n) is 11.3. The molecule has 102 valence electrons. The normalized spacial score (nSPS) is 12.4. The summed E-state index contributed by atoms with van der Waals surface area (Å²) in [6.07, 6.45) is 2.31. The third kappa shape index (κ3) is 4.16. The van der Waals surface area contributed by atoms with Gasteiger partial charge in [-0.1, -0.05) is 20.3 Å². The number of amides is 1. The quantitative estimate of drug-likeness (QED) is 0.444. The molecule has 1 heterocycles. The SMILES string of the molecule is CCCC(C)COCc1cc(C)c(C(=O)NN)o1. The van der Waals surface area contributed by atoms with Crippen LogP contribution in [0.1, 0.15) is 48.6 Å². The van der Waals surface area contributed by atoms with Crippen molar-refractivity contribution in [3.63, 3.8) is 0 Å². The van der Waals surface area contributed by atoms with Crippen LogP contribution in [-0.2, 0) is 11.3 Å². The number of rotatable bonds is 7. The van der Waals surface area contributed by atoms with Gasteiger partial charge in [0.05, 0.1) is 0 Å². The Morgan fingerprint density at radius 1 is 1.61 bits per heavy atom. The van der Waals surface area contributed by atoms with Gasteiger partial charge in [0.1, 0.15) is 12.4 Å². The molecule has 0 bridgehead atoms. The summed E-state index contributed by atoms with van der Waals surface area (Å²) >= 11 is 0. The number of carbonyl (C=O) groups is 1. The Morgan fingerprint density at radius 2 is 2.33 bits per heavy atom. The summed E-state index contributed by atoms with van der Waals surface area (Å²) in [6.45, 7) is 7.20. The summed E-state index contributed by atoms with van der Waals surface area (Å²) < 4.78 is 11.0. The Balaban J connectivity index is 2.46. The van der Waals surface area contributed by atoms with Gasteiger partial charge in [-0.25, -0.2) is 5.84 Å². The topological polar surface area (TPSA) is 77.5 Å². The molecule has 1 aromatic heterocycles. The summed E-state index contributed by atoms with van der Waals surface area (Å²) in [4.78, 5) is 11.3. The second kappa shape index (κ2) is 7.18. The fourth-order valence-electron chi connectivity index (χ4n) is 1.85. The van der Waals surface area contributed by atoms with Crippen molar-refractivity contribution < 1.29 is 13.9 Å². The van der Waals surface area contributed by atoms with E-state index in [1.165, 1.54) is 0 Å². The first-order valence-electron chi connectivity index (χ1n) is 6.26. The van der Waals surface area contributed by atoms with E-state index >= 15 is 0 Å². The van der Waals surface area contributed by atoms with Crippen LogP contribution in [0.15, 0.2) is 10.5 Å². The maximum atomic E-state index is 11.3. The van der Waals surface area contributed by atoms with Crippen LogP contribution < -0.4 is 11.3 Å². The molecule has 0 aromatic carbocycles. The highest BCUT2D eigenvalue weighted by atomic mass is 16.5. The highest BCUT2D eigenvalue weighted by Gasteiger charge is 2.14. The Hall–Kier alpha value is -1.33. The molecule has 18 heavy (non-hydrogen) atoms. The van der Waals surface area contributed by atoms with E-state index in [0.29, 0.717) is 24.9 Å². The van der Waals surface area contributed by atoms with Gasteiger partial charge in [-0.2, -0.15) is 0 Å². The second-order valence-electron chi connectivity index (χ2n) is 4.61. The lowest BCUT2D eigenvalue weighted by atomic mass is 10.1. The molecule has 1 aromatic rings. The number of hydrogen-bond donors (Lipinski definition) is 2. The molecule has 5 heteroatoms. The number of furan rings is 1. The smallest absolute Gasteiger partial charge is 0.301 e. The number of aryl methyl sites for hydroxylation is 1.